The fourth-order valence-corrected chi connectivity index (χ4v) is 2.93. The Morgan fingerprint density at radius 1 is 0.680 bits per heavy atom. The van der Waals surface area contributed by atoms with Crippen LogP contribution in [-0.2, 0) is 4.79 Å². The Labute approximate surface area is 154 Å². The average molecular weight is 360 g/mol. The zero-order chi connectivity index (χ0) is 18.8. The van der Waals surface area contributed by atoms with E-state index in [1.54, 1.807) is 0 Å². The maximum absolute atomic E-state index is 11.8. The SMILES string of the molecule is CCCCCCCCCCCCCCCC(=O)NC(CO)(CO)CO. The first kappa shape index (κ1) is 24.4. The van der Waals surface area contributed by atoms with Crippen LogP contribution in [-0.4, -0.2) is 46.6 Å². The van der Waals surface area contributed by atoms with Crippen molar-refractivity contribution < 1.29 is 20.1 Å². The summed E-state index contributed by atoms with van der Waals surface area (Å²) >= 11 is 0. The summed E-state index contributed by atoms with van der Waals surface area (Å²) in [4.78, 5) is 11.8. The first-order valence-corrected chi connectivity index (χ1v) is 10.3. The smallest absolute Gasteiger partial charge is 0.220 e. The molecular formula is C20H41NO4. The molecule has 0 aliphatic rings. The van der Waals surface area contributed by atoms with Crippen LogP contribution in [0.15, 0.2) is 0 Å². The van der Waals surface area contributed by atoms with Gasteiger partial charge in [-0.3, -0.25) is 4.79 Å². The summed E-state index contributed by atoms with van der Waals surface area (Å²) in [6.45, 7) is 0.845. The normalized spacial score (nSPS) is 11.7. The Morgan fingerprint density at radius 2 is 1.04 bits per heavy atom. The van der Waals surface area contributed by atoms with E-state index in [1.165, 1.54) is 64.2 Å². The van der Waals surface area contributed by atoms with Crippen LogP contribution >= 0.6 is 0 Å². The highest BCUT2D eigenvalue weighted by Crippen LogP contribution is 2.13. The van der Waals surface area contributed by atoms with Gasteiger partial charge in [0.1, 0.15) is 5.54 Å². The van der Waals surface area contributed by atoms with Gasteiger partial charge in [0, 0.05) is 6.42 Å². The third kappa shape index (κ3) is 13.2. The van der Waals surface area contributed by atoms with E-state index in [0.717, 1.165) is 19.3 Å². The maximum atomic E-state index is 11.8. The Kier molecular flexibility index (Phi) is 16.4. The predicted molar refractivity (Wildman–Crippen MR) is 102 cm³/mol. The summed E-state index contributed by atoms with van der Waals surface area (Å²) in [5.41, 5.74) is -1.30. The van der Waals surface area contributed by atoms with Gasteiger partial charge < -0.3 is 20.6 Å². The van der Waals surface area contributed by atoms with E-state index < -0.39 is 25.4 Å². The molecule has 25 heavy (non-hydrogen) atoms. The van der Waals surface area contributed by atoms with Gasteiger partial charge in [-0.05, 0) is 6.42 Å². The zero-order valence-electron chi connectivity index (χ0n) is 16.3. The molecule has 0 aromatic carbocycles. The fraction of sp³-hybridized carbons (Fsp3) is 0.950. The van der Waals surface area contributed by atoms with Crippen LogP contribution in [0.2, 0.25) is 0 Å². The van der Waals surface area contributed by atoms with Gasteiger partial charge in [-0.1, -0.05) is 84.0 Å². The van der Waals surface area contributed by atoms with E-state index >= 15 is 0 Å². The quantitative estimate of drug-likeness (QED) is 0.283. The standard InChI is InChI=1S/C20H41NO4/c1-2-3-4-5-6-7-8-9-10-11-12-13-14-15-19(25)21-20(16-22,17-23)18-24/h22-24H,2-18H2,1H3,(H,21,25). The number of aliphatic hydroxyl groups is 3. The van der Waals surface area contributed by atoms with Crippen molar-refractivity contribution in [1.29, 1.82) is 0 Å². The molecule has 0 rings (SSSR count). The van der Waals surface area contributed by atoms with Crippen molar-refractivity contribution in [3.05, 3.63) is 0 Å². The summed E-state index contributed by atoms with van der Waals surface area (Å²) in [7, 11) is 0. The molecule has 0 aliphatic heterocycles. The summed E-state index contributed by atoms with van der Waals surface area (Å²) in [5.74, 6) is -0.222. The third-order valence-corrected chi connectivity index (χ3v) is 4.82. The second kappa shape index (κ2) is 16.8. The number of unbranched alkanes of at least 4 members (excludes halogenated alkanes) is 12. The van der Waals surface area contributed by atoms with Gasteiger partial charge in [-0.15, -0.1) is 0 Å². The monoisotopic (exact) mass is 359 g/mol. The number of carbonyl (C=O) groups excluding carboxylic acids is 1. The highest BCUT2D eigenvalue weighted by molar-refractivity contribution is 5.76. The lowest BCUT2D eigenvalue weighted by Crippen LogP contribution is -2.57. The molecule has 0 aromatic heterocycles. The zero-order valence-corrected chi connectivity index (χ0v) is 16.3. The molecule has 0 aliphatic carbocycles. The second-order valence-corrected chi connectivity index (χ2v) is 7.30. The number of hydrogen-bond donors (Lipinski definition) is 4. The van der Waals surface area contributed by atoms with Gasteiger partial charge in [0.2, 0.25) is 5.91 Å². The second-order valence-electron chi connectivity index (χ2n) is 7.30. The Hall–Kier alpha value is -0.650. The van der Waals surface area contributed by atoms with E-state index in [1.807, 2.05) is 0 Å². The first-order chi connectivity index (χ1) is 12.1. The highest BCUT2D eigenvalue weighted by atomic mass is 16.3. The van der Waals surface area contributed by atoms with Crippen LogP contribution in [0.4, 0.5) is 0 Å². The number of rotatable bonds is 18. The largest absolute Gasteiger partial charge is 0.394 e. The van der Waals surface area contributed by atoms with Gasteiger partial charge in [-0.2, -0.15) is 0 Å². The molecule has 0 radical (unpaired) electrons. The molecule has 0 aromatic rings. The van der Waals surface area contributed by atoms with Crippen molar-refractivity contribution in [2.24, 2.45) is 0 Å². The van der Waals surface area contributed by atoms with Gasteiger partial charge >= 0.3 is 0 Å². The van der Waals surface area contributed by atoms with Gasteiger partial charge in [-0.25, -0.2) is 0 Å². The topological polar surface area (TPSA) is 89.8 Å². The molecule has 0 bridgehead atoms. The molecule has 0 fully saturated rings. The van der Waals surface area contributed by atoms with Crippen molar-refractivity contribution in [3.63, 3.8) is 0 Å². The van der Waals surface area contributed by atoms with Crippen molar-refractivity contribution in [1.82, 2.24) is 5.32 Å². The Bertz CT molecular complexity index is 298. The summed E-state index contributed by atoms with van der Waals surface area (Å²) in [5, 5.41) is 30.1. The molecular weight excluding hydrogens is 318 g/mol. The molecule has 5 heteroatoms. The number of hydrogen-bond acceptors (Lipinski definition) is 4. The van der Waals surface area contributed by atoms with Gasteiger partial charge in [0.25, 0.3) is 0 Å². The molecule has 1 amide bonds. The molecule has 5 nitrogen and oxygen atoms in total. The highest BCUT2D eigenvalue weighted by Gasteiger charge is 2.29. The minimum atomic E-state index is -1.30. The number of aliphatic hydroxyl groups excluding tert-OH is 3. The van der Waals surface area contributed by atoms with Crippen molar-refractivity contribution in [3.8, 4) is 0 Å². The van der Waals surface area contributed by atoms with E-state index in [2.05, 4.69) is 12.2 Å². The van der Waals surface area contributed by atoms with Crippen LogP contribution < -0.4 is 5.32 Å². The summed E-state index contributed by atoms with van der Waals surface area (Å²) in [6, 6.07) is 0. The molecule has 4 N–H and O–H groups in total. The van der Waals surface area contributed by atoms with Gasteiger partial charge in [0.15, 0.2) is 0 Å². The number of amides is 1. The molecule has 0 spiro atoms. The number of carbonyl (C=O) groups is 1. The third-order valence-electron chi connectivity index (χ3n) is 4.82. The summed E-state index contributed by atoms with van der Waals surface area (Å²) < 4.78 is 0. The first-order valence-electron chi connectivity index (χ1n) is 10.3. The van der Waals surface area contributed by atoms with Crippen LogP contribution in [0.1, 0.15) is 96.8 Å². The van der Waals surface area contributed by atoms with Crippen LogP contribution in [0.3, 0.4) is 0 Å². The number of nitrogens with one attached hydrogen (secondary N) is 1. The van der Waals surface area contributed by atoms with E-state index in [9.17, 15) is 20.1 Å². The lowest BCUT2D eigenvalue weighted by Gasteiger charge is -2.28. The molecule has 150 valence electrons. The lowest BCUT2D eigenvalue weighted by molar-refractivity contribution is -0.125. The Morgan fingerprint density at radius 3 is 1.40 bits per heavy atom. The minimum Gasteiger partial charge on any atom is -0.394 e. The fourth-order valence-electron chi connectivity index (χ4n) is 2.93. The van der Waals surface area contributed by atoms with Crippen molar-refractivity contribution in [2.75, 3.05) is 19.8 Å². The molecule has 0 saturated heterocycles. The van der Waals surface area contributed by atoms with Crippen molar-refractivity contribution >= 4 is 5.91 Å². The van der Waals surface area contributed by atoms with E-state index in [0.29, 0.717) is 6.42 Å². The summed E-state index contributed by atoms with van der Waals surface area (Å²) in [6.07, 6.45) is 16.7. The average Bonchev–Trinajstić information content (AvgIpc) is 2.63. The van der Waals surface area contributed by atoms with E-state index in [4.69, 9.17) is 0 Å². The molecule has 0 atom stereocenters. The van der Waals surface area contributed by atoms with Crippen LogP contribution in [0, 0.1) is 0 Å². The molecule has 0 heterocycles. The maximum Gasteiger partial charge on any atom is 0.220 e. The predicted octanol–water partition coefficient (Wildman–Crippen LogP) is 3.30. The lowest BCUT2D eigenvalue weighted by atomic mass is 10.0. The Balaban J connectivity index is 3.42. The van der Waals surface area contributed by atoms with Crippen molar-refractivity contribution in [2.45, 2.75) is 102 Å². The van der Waals surface area contributed by atoms with Gasteiger partial charge in [0.05, 0.1) is 19.8 Å². The van der Waals surface area contributed by atoms with Crippen LogP contribution in [0.25, 0.3) is 0 Å². The molecule has 0 saturated carbocycles. The van der Waals surface area contributed by atoms with Crippen LogP contribution in [0.5, 0.6) is 0 Å². The molecule has 0 unspecified atom stereocenters. The van der Waals surface area contributed by atoms with E-state index in [-0.39, 0.29) is 5.91 Å². The minimum absolute atomic E-state index is 0.222.